The van der Waals surface area contributed by atoms with Crippen molar-refractivity contribution in [3.63, 3.8) is 0 Å². The van der Waals surface area contributed by atoms with Crippen LogP contribution < -0.4 is 11.1 Å². The molecule has 156 valence electrons. The molecule has 2 heterocycles. The van der Waals surface area contributed by atoms with Crippen molar-refractivity contribution in [1.82, 2.24) is 10.2 Å². The maximum absolute atomic E-state index is 12.4. The SMILES string of the molecule is CC(=O)OC[C@@]1(C)S[C@H]2[C@H](NC(=O)CCCC(N)C(=O)O)C(=O)N2C1C(=O)O. The molecule has 2 unspecified atom stereocenters. The van der Waals surface area contributed by atoms with Gasteiger partial charge in [-0.2, -0.15) is 0 Å². The van der Waals surface area contributed by atoms with Gasteiger partial charge < -0.3 is 30.9 Å². The molecular weight excluding hydrogens is 394 g/mol. The number of fused-ring (bicyclic) bond motifs is 1. The average Bonchev–Trinajstić information content (AvgIpc) is 2.88. The second-order valence-corrected chi connectivity index (χ2v) is 8.62. The normalized spacial score (nSPS) is 29.5. The predicted molar refractivity (Wildman–Crippen MR) is 96.1 cm³/mol. The number of hydrogen-bond donors (Lipinski definition) is 4. The number of amides is 2. The van der Waals surface area contributed by atoms with Crippen LogP contribution in [0.25, 0.3) is 0 Å². The number of carboxylic acids is 2. The zero-order chi connectivity index (χ0) is 21.2. The molecule has 2 saturated heterocycles. The van der Waals surface area contributed by atoms with Gasteiger partial charge in [0.05, 0.1) is 4.75 Å². The lowest BCUT2D eigenvalue weighted by Crippen LogP contribution is -2.70. The van der Waals surface area contributed by atoms with Crippen LogP contribution in [-0.4, -0.2) is 79.7 Å². The number of nitrogens with one attached hydrogen (secondary N) is 1. The van der Waals surface area contributed by atoms with Crippen LogP contribution in [0.3, 0.4) is 0 Å². The van der Waals surface area contributed by atoms with Gasteiger partial charge in [0, 0.05) is 13.3 Å². The standard InChI is InChI=1S/C16H23N3O8S/c1-7(20)27-6-16(2)11(15(25)26)19-12(22)10(13(19)28-16)18-9(21)5-3-4-8(17)14(23)24/h8,10-11,13H,3-6,17H2,1-2H3,(H,18,21)(H,23,24)(H,25,26)/t8?,10-,11?,13+,16-/m1/s1. The molecular formula is C16H23N3O8S. The fourth-order valence-electron chi connectivity index (χ4n) is 3.24. The molecule has 2 amide bonds. The first kappa shape index (κ1) is 22.0. The lowest BCUT2D eigenvalue weighted by molar-refractivity contribution is -0.162. The summed E-state index contributed by atoms with van der Waals surface area (Å²) in [6.45, 7) is 2.62. The van der Waals surface area contributed by atoms with Crippen LogP contribution >= 0.6 is 11.8 Å². The number of carboxylic acid groups (broad SMARTS) is 2. The van der Waals surface area contributed by atoms with Crippen molar-refractivity contribution < 1.29 is 38.9 Å². The van der Waals surface area contributed by atoms with Crippen LogP contribution in [0.15, 0.2) is 0 Å². The van der Waals surface area contributed by atoms with E-state index >= 15 is 0 Å². The first-order valence-corrected chi connectivity index (χ1v) is 9.50. The third kappa shape index (κ3) is 4.38. The molecule has 0 aromatic heterocycles. The molecule has 28 heavy (non-hydrogen) atoms. The third-order valence-electron chi connectivity index (χ3n) is 4.68. The smallest absolute Gasteiger partial charge is 0.328 e. The molecule has 2 aliphatic heterocycles. The molecule has 0 aromatic rings. The Morgan fingerprint density at radius 3 is 2.54 bits per heavy atom. The Labute approximate surface area is 164 Å². The van der Waals surface area contributed by atoms with Crippen molar-refractivity contribution in [2.45, 2.75) is 61.4 Å². The van der Waals surface area contributed by atoms with Crippen LogP contribution in [0.4, 0.5) is 0 Å². The first-order valence-electron chi connectivity index (χ1n) is 8.62. The van der Waals surface area contributed by atoms with E-state index in [1.54, 1.807) is 6.92 Å². The maximum Gasteiger partial charge on any atom is 0.328 e. The lowest BCUT2D eigenvalue weighted by atomic mass is 9.95. The molecule has 0 aromatic carbocycles. The summed E-state index contributed by atoms with van der Waals surface area (Å²) in [6.07, 6.45) is 0.353. The van der Waals surface area contributed by atoms with Gasteiger partial charge in [-0.25, -0.2) is 4.79 Å². The van der Waals surface area contributed by atoms with Gasteiger partial charge in [0.15, 0.2) is 0 Å². The Balaban J connectivity index is 1.97. The number of thioether (sulfide) groups is 1. The molecule has 2 rings (SSSR count). The number of ether oxygens (including phenoxy) is 1. The number of rotatable bonds is 9. The van der Waals surface area contributed by atoms with Crippen LogP contribution in [0.1, 0.15) is 33.1 Å². The van der Waals surface area contributed by atoms with E-state index < -0.39 is 58.0 Å². The lowest BCUT2D eigenvalue weighted by Gasteiger charge is -2.43. The number of carbonyl (C=O) groups excluding carboxylic acids is 3. The molecule has 5 atom stereocenters. The van der Waals surface area contributed by atoms with Crippen LogP contribution in [0.2, 0.25) is 0 Å². The topological polar surface area (TPSA) is 176 Å². The molecule has 0 spiro atoms. The summed E-state index contributed by atoms with van der Waals surface area (Å²) in [5.41, 5.74) is 5.37. The maximum atomic E-state index is 12.4. The fraction of sp³-hybridized carbons (Fsp3) is 0.688. The molecule has 0 aliphatic carbocycles. The quantitative estimate of drug-likeness (QED) is 0.262. The van der Waals surface area contributed by atoms with Gasteiger partial charge in [-0.1, -0.05) is 0 Å². The second kappa shape index (κ2) is 8.35. The second-order valence-electron chi connectivity index (χ2n) is 6.97. The van der Waals surface area contributed by atoms with Crippen molar-refractivity contribution in [3.05, 3.63) is 0 Å². The van der Waals surface area contributed by atoms with Crippen LogP contribution in [0.5, 0.6) is 0 Å². The summed E-state index contributed by atoms with van der Waals surface area (Å²) in [5.74, 6) is -3.90. The number of aliphatic carboxylic acids is 2. The monoisotopic (exact) mass is 417 g/mol. The van der Waals surface area contributed by atoms with Gasteiger partial charge in [-0.15, -0.1) is 11.8 Å². The summed E-state index contributed by atoms with van der Waals surface area (Å²) >= 11 is 1.16. The van der Waals surface area contributed by atoms with Crippen LogP contribution in [-0.2, 0) is 28.7 Å². The Bertz CT molecular complexity index is 701. The fourth-order valence-corrected chi connectivity index (χ4v) is 4.92. The first-order chi connectivity index (χ1) is 13.0. The highest BCUT2D eigenvalue weighted by Crippen LogP contribution is 2.51. The molecule has 12 heteroatoms. The minimum Gasteiger partial charge on any atom is -0.480 e. The number of nitrogens with two attached hydrogens (primary N) is 1. The summed E-state index contributed by atoms with van der Waals surface area (Å²) in [6, 6.07) is -3.12. The number of hydrogen-bond acceptors (Lipinski definition) is 8. The van der Waals surface area contributed by atoms with Gasteiger partial charge in [0.1, 0.15) is 30.1 Å². The average molecular weight is 417 g/mol. The number of nitrogens with zero attached hydrogens (tertiary/aromatic N) is 1. The van der Waals surface area contributed by atoms with Crippen molar-refractivity contribution in [3.8, 4) is 0 Å². The number of carbonyl (C=O) groups is 5. The van der Waals surface area contributed by atoms with E-state index in [0.717, 1.165) is 11.8 Å². The highest BCUT2D eigenvalue weighted by molar-refractivity contribution is 8.01. The largest absolute Gasteiger partial charge is 0.480 e. The highest BCUT2D eigenvalue weighted by Gasteiger charge is 2.66. The molecule has 2 aliphatic rings. The number of β-lactam (4-membered cyclic amide) rings is 1. The van der Waals surface area contributed by atoms with Crippen molar-refractivity contribution in [2.75, 3.05) is 6.61 Å². The van der Waals surface area contributed by atoms with Gasteiger partial charge in [-0.05, 0) is 19.8 Å². The minimum atomic E-state index is -1.22. The van der Waals surface area contributed by atoms with E-state index in [1.165, 1.54) is 11.8 Å². The van der Waals surface area contributed by atoms with Crippen LogP contribution in [0, 0.1) is 0 Å². The van der Waals surface area contributed by atoms with Gasteiger partial charge in [-0.3, -0.25) is 19.2 Å². The molecule has 0 bridgehead atoms. The Morgan fingerprint density at radius 1 is 1.36 bits per heavy atom. The Morgan fingerprint density at radius 2 is 2.00 bits per heavy atom. The molecule has 2 fully saturated rings. The van der Waals surface area contributed by atoms with E-state index in [4.69, 9.17) is 15.6 Å². The summed E-state index contributed by atoms with van der Waals surface area (Å²) in [5, 5.41) is 20.2. The van der Waals surface area contributed by atoms with Gasteiger partial charge in [0.2, 0.25) is 11.8 Å². The van der Waals surface area contributed by atoms with E-state index in [9.17, 15) is 29.1 Å². The molecule has 0 radical (unpaired) electrons. The summed E-state index contributed by atoms with van der Waals surface area (Å²) in [7, 11) is 0. The zero-order valence-electron chi connectivity index (χ0n) is 15.4. The third-order valence-corrected chi connectivity index (χ3v) is 6.30. The molecule has 0 saturated carbocycles. The molecule has 5 N–H and O–H groups in total. The summed E-state index contributed by atoms with van der Waals surface area (Å²) in [4.78, 5) is 59.1. The van der Waals surface area contributed by atoms with Crippen molar-refractivity contribution >= 4 is 41.5 Å². The number of esters is 1. The minimum absolute atomic E-state index is 0.00474. The van der Waals surface area contributed by atoms with Crippen molar-refractivity contribution in [2.24, 2.45) is 5.73 Å². The van der Waals surface area contributed by atoms with Crippen molar-refractivity contribution in [1.29, 1.82) is 0 Å². The Kier molecular flexibility index (Phi) is 6.55. The zero-order valence-corrected chi connectivity index (χ0v) is 16.2. The van der Waals surface area contributed by atoms with E-state index in [-0.39, 0.29) is 25.9 Å². The molecule has 11 nitrogen and oxygen atoms in total. The van der Waals surface area contributed by atoms with Gasteiger partial charge in [0.25, 0.3) is 0 Å². The van der Waals surface area contributed by atoms with E-state index in [0.29, 0.717) is 0 Å². The van der Waals surface area contributed by atoms with E-state index in [1.807, 2.05) is 0 Å². The Hall–Kier alpha value is -2.34. The highest BCUT2D eigenvalue weighted by atomic mass is 32.2. The summed E-state index contributed by atoms with van der Waals surface area (Å²) < 4.78 is 3.92. The van der Waals surface area contributed by atoms with Gasteiger partial charge >= 0.3 is 17.9 Å². The van der Waals surface area contributed by atoms with E-state index in [2.05, 4.69) is 5.32 Å². The predicted octanol–water partition coefficient (Wildman–Crippen LogP) is -1.26.